The number of hydrogen-bond donors (Lipinski definition) is 0. The monoisotopic (exact) mass is 397 g/mol. The zero-order valence-corrected chi connectivity index (χ0v) is 15.4. The Hall–Kier alpha value is -2.39. The van der Waals surface area contributed by atoms with E-state index in [0.717, 1.165) is 22.8 Å². The van der Waals surface area contributed by atoms with Crippen molar-refractivity contribution in [3.63, 3.8) is 0 Å². The molecular formula is C18H18F3N3O2S. The van der Waals surface area contributed by atoms with Crippen molar-refractivity contribution < 1.29 is 22.7 Å². The maximum absolute atomic E-state index is 12.7. The Morgan fingerprint density at radius 1 is 1.26 bits per heavy atom. The number of fused-ring (bicyclic) bond motifs is 1. The molecule has 0 saturated carbocycles. The second-order valence-electron chi connectivity index (χ2n) is 5.97. The van der Waals surface area contributed by atoms with Crippen LogP contribution in [0.1, 0.15) is 23.7 Å². The van der Waals surface area contributed by atoms with E-state index in [0.29, 0.717) is 18.7 Å². The Morgan fingerprint density at radius 2 is 2.00 bits per heavy atom. The molecule has 0 spiro atoms. The molecule has 2 heterocycles. The lowest BCUT2D eigenvalue weighted by Crippen LogP contribution is -2.30. The van der Waals surface area contributed by atoms with E-state index in [1.54, 1.807) is 11.8 Å². The summed E-state index contributed by atoms with van der Waals surface area (Å²) >= 11 is 1.50. The van der Waals surface area contributed by atoms with Crippen LogP contribution in [-0.2, 0) is 28.8 Å². The van der Waals surface area contributed by atoms with Gasteiger partial charge >= 0.3 is 12.1 Å². The molecule has 0 aliphatic rings. The molecule has 0 aliphatic heterocycles. The first kappa shape index (κ1) is 19.4. The smallest absolute Gasteiger partial charge is 0.416 e. The quantitative estimate of drug-likeness (QED) is 0.566. The number of benzene rings is 1. The van der Waals surface area contributed by atoms with E-state index in [1.165, 1.54) is 23.5 Å². The zero-order valence-electron chi connectivity index (χ0n) is 14.6. The summed E-state index contributed by atoms with van der Waals surface area (Å²) in [6.45, 7) is 2.71. The van der Waals surface area contributed by atoms with Gasteiger partial charge in [-0.15, -0.1) is 11.3 Å². The predicted octanol–water partition coefficient (Wildman–Crippen LogP) is 3.98. The number of alkyl halides is 3. The number of halogens is 3. The van der Waals surface area contributed by atoms with E-state index in [1.807, 2.05) is 22.2 Å². The maximum Gasteiger partial charge on any atom is 0.416 e. The van der Waals surface area contributed by atoms with Crippen LogP contribution in [0.4, 0.5) is 13.2 Å². The van der Waals surface area contributed by atoms with Gasteiger partial charge in [0.1, 0.15) is 0 Å². The Labute approximate surface area is 158 Å². The lowest BCUT2D eigenvalue weighted by atomic mass is 10.1. The van der Waals surface area contributed by atoms with Gasteiger partial charge in [-0.2, -0.15) is 13.2 Å². The molecule has 0 amide bonds. The summed E-state index contributed by atoms with van der Waals surface area (Å²) in [6, 6.07) is 4.94. The van der Waals surface area contributed by atoms with Crippen molar-refractivity contribution in [2.75, 3.05) is 13.2 Å². The number of thiazole rings is 1. The van der Waals surface area contributed by atoms with Gasteiger partial charge in [-0.25, -0.2) is 4.98 Å². The molecule has 0 saturated heterocycles. The third-order valence-corrected chi connectivity index (χ3v) is 4.64. The van der Waals surface area contributed by atoms with Gasteiger partial charge in [0.05, 0.1) is 24.4 Å². The Kier molecular flexibility index (Phi) is 5.81. The molecule has 1 aromatic carbocycles. The summed E-state index contributed by atoms with van der Waals surface area (Å²) in [6.07, 6.45) is -0.607. The second kappa shape index (κ2) is 8.10. The summed E-state index contributed by atoms with van der Waals surface area (Å²) in [4.78, 5) is 19.0. The van der Waals surface area contributed by atoms with Crippen molar-refractivity contribution >= 4 is 22.3 Å². The molecule has 0 atom stereocenters. The predicted molar refractivity (Wildman–Crippen MR) is 95.3 cm³/mol. The first-order valence-corrected chi connectivity index (χ1v) is 9.18. The Morgan fingerprint density at radius 3 is 2.63 bits per heavy atom. The minimum Gasteiger partial charge on any atom is -0.465 e. The van der Waals surface area contributed by atoms with E-state index in [-0.39, 0.29) is 19.1 Å². The number of esters is 1. The molecule has 3 rings (SSSR count). The van der Waals surface area contributed by atoms with Gasteiger partial charge in [-0.3, -0.25) is 14.1 Å². The highest BCUT2D eigenvalue weighted by atomic mass is 32.1. The van der Waals surface area contributed by atoms with Crippen molar-refractivity contribution in [3.05, 3.63) is 58.9 Å². The van der Waals surface area contributed by atoms with Crippen LogP contribution in [0, 0.1) is 0 Å². The molecule has 5 nitrogen and oxygen atoms in total. The molecule has 0 aliphatic carbocycles. The van der Waals surface area contributed by atoms with Crippen molar-refractivity contribution in [2.45, 2.75) is 26.2 Å². The number of nitrogens with zero attached hydrogens (tertiary/aromatic N) is 3. The number of hydrogen-bond acceptors (Lipinski definition) is 5. The zero-order chi connectivity index (χ0) is 19.4. The van der Waals surface area contributed by atoms with Crippen molar-refractivity contribution in [2.24, 2.45) is 0 Å². The fourth-order valence-corrected chi connectivity index (χ4v) is 3.41. The Bertz CT molecular complexity index is 874. The fourth-order valence-electron chi connectivity index (χ4n) is 2.70. The first-order chi connectivity index (χ1) is 12.8. The molecule has 0 N–H and O–H groups in total. The second-order valence-corrected chi connectivity index (χ2v) is 6.84. The standard InChI is InChI=1S/C18H18F3N3O2S/c1-2-26-16(25)12-23(10-15-11-24-7-8-27-17(24)22-15)9-13-3-5-14(6-4-13)18(19,20)21/h3-8,11H,2,9-10,12H2,1H3. The van der Waals surface area contributed by atoms with Crippen LogP contribution in [0.3, 0.4) is 0 Å². The van der Waals surface area contributed by atoms with Crippen LogP contribution in [-0.4, -0.2) is 33.4 Å². The summed E-state index contributed by atoms with van der Waals surface area (Å²) in [5.74, 6) is -0.384. The van der Waals surface area contributed by atoms with E-state index in [4.69, 9.17) is 4.74 Å². The fraction of sp³-hybridized carbons (Fsp3) is 0.333. The highest BCUT2D eigenvalue weighted by molar-refractivity contribution is 7.15. The van der Waals surface area contributed by atoms with Crippen LogP contribution in [0.5, 0.6) is 0 Å². The van der Waals surface area contributed by atoms with Gasteiger partial charge in [-0.05, 0) is 24.6 Å². The van der Waals surface area contributed by atoms with Gasteiger partial charge in [-0.1, -0.05) is 12.1 Å². The van der Waals surface area contributed by atoms with Crippen molar-refractivity contribution in [3.8, 4) is 0 Å². The Balaban J connectivity index is 1.74. The summed E-state index contributed by atoms with van der Waals surface area (Å²) in [7, 11) is 0. The number of aromatic nitrogens is 2. The number of rotatable bonds is 7. The molecule has 2 aromatic heterocycles. The minimum absolute atomic E-state index is 0.0278. The molecule has 0 bridgehead atoms. The van der Waals surface area contributed by atoms with Crippen LogP contribution < -0.4 is 0 Å². The van der Waals surface area contributed by atoms with E-state index in [2.05, 4.69) is 4.98 Å². The summed E-state index contributed by atoms with van der Waals surface area (Å²) < 4.78 is 45.0. The van der Waals surface area contributed by atoms with E-state index in [9.17, 15) is 18.0 Å². The lowest BCUT2D eigenvalue weighted by Gasteiger charge is -2.20. The molecule has 0 unspecified atom stereocenters. The normalized spacial score (nSPS) is 12.0. The van der Waals surface area contributed by atoms with Gasteiger partial charge < -0.3 is 4.74 Å². The van der Waals surface area contributed by atoms with Crippen LogP contribution in [0.15, 0.2) is 42.0 Å². The molecule has 3 aromatic rings. The molecule has 9 heteroatoms. The van der Waals surface area contributed by atoms with Gasteiger partial charge in [0.15, 0.2) is 4.96 Å². The third kappa shape index (κ3) is 5.08. The topological polar surface area (TPSA) is 46.8 Å². The average molecular weight is 397 g/mol. The van der Waals surface area contributed by atoms with Crippen LogP contribution in [0.25, 0.3) is 4.96 Å². The maximum atomic E-state index is 12.7. The van der Waals surface area contributed by atoms with Gasteiger partial charge in [0.25, 0.3) is 0 Å². The SMILES string of the molecule is CCOC(=O)CN(Cc1ccc(C(F)(F)F)cc1)Cc1cn2ccsc2n1. The van der Waals surface area contributed by atoms with Gasteiger partial charge in [0.2, 0.25) is 0 Å². The minimum atomic E-state index is -4.37. The third-order valence-electron chi connectivity index (χ3n) is 3.87. The highest BCUT2D eigenvalue weighted by Gasteiger charge is 2.30. The number of carbonyl (C=O) groups is 1. The van der Waals surface area contributed by atoms with E-state index < -0.39 is 11.7 Å². The molecule has 0 radical (unpaired) electrons. The molecule has 144 valence electrons. The van der Waals surface area contributed by atoms with Crippen molar-refractivity contribution in [1.29, 1.82) is 0 Å². The number of carbonyl (C=O) groups excluding carboxylic acids is 1. The molecular weight excluding hydrogens is 379 g/mol. The van der Waals surface area contributed by atoms with E-state index >= 15 is 0 Å². The lowest BCUT2D eigenvalue weighted by molar-refractivity contribution is -0.144. The average Bonchev–Trinajstić information content (AvgIpc) is 3.16. The highest BCUT2D eigenvalue weighted by Crippen LogP contribution is 2.29. The van der Waals surface area contributed by atoms with Crippen molar-refractivity contribution in [1.82, 2.24) is 14.3 Å². The number of imidazole rings is 1. The summed E-state index contributed by atoms with van der Waals surface area (Å²) in [5.41, 5.74) is 0.754. The number of ether oxygens (including phenoxy) is 1. The molecule has 27 heavy (non-hydrogen) atoms. The molecule has 0 fully saturated rings. The van der Waals surface area contributed by atoms with Crippen LogP contribution >= 0.6 is 11.3 Å². The largest absolute Gasteiger partial charge is 0.465 e. The summed E-state index contributed by atoms with van der Waals surface area (Å²) in [5, 5.41) is 1.92. The van der Waals surface area contributed by atoms with Crippen LogP contribution in [0.2, 0.25) is 0 Å². The van der Waals surface area contributed by atoms with Gasteiger partial charge in [0, 0.05) is 30.9 Å². The first-order valence-electron chi connectivity index (χ1n) is 8.30.